The zero-order valence-electron chi connectivity index (χ0n) is 25.3. The number of benzene rings is 1. The van der Waals surface area contributed by atoms with E-state index in [4.69, 9.17) is 4.74 Å². The molecule has 1 saturated heterocycles. The van der Waals surface area contributed by atoms with Crippen molar-refractivity contribution < 1.29 is 9.53 Å². The van der Waals surface area contributed by atoms with Gasteiger partial charge in [0.15, 0.2) is 5.78 Å². The molecule has 0 aliphatic carbocycles. The summed E-state index contributed by atoms with van der Waals surface area (Å²) in [7, 11) is 1.75. The first-order valence-corrected chi connectivity index (χ1v) is 14.6. The van der Waals surface area contributed by atoms with Crippen LogP contribution in [0.2, 0.25) is 0 Å². The summed E-state index contributed by atoms with van der Waals surface area (Å²) in [5.74, 6) is -0.0369. The Labute approximate surface area is 252 Å². The monoisotopic (exact) mass is 578 g/mol. The number of carbonyl (C=O) groups is 1. The zero-order valence-corrected chi connectivity index (χ0v) is 25.3. The molecule has 5 rings (SSSR count). The molecule has 10 nitrogen and oxygen atoms in total. The van der Waals surface area contributed by atoms with Crippen molar-refractivity contribution in [2.45, 2.75) is 39.0 Å². The number of anilines is 1. The molecule has 10 heteroatoms. The van der Waals surface area contributed by atoms with E-state index in [9.17, 15) is 10.1 Å². The first-order valence-electron chi connectivity index (χ1n) is 14.6. The molecule has 43 heavy (non-hydrogen) atoms. The second kappa shape index (κ2) is 13.2. The van der Waals surface area contributed by atoms with Gasteiger partial charge in [0.1, 0.15) is 5.69 Å². The third-order valence-corrected chi connectivity index (χ3v) is 7.99. The van der Waals surface area contributed by atoms with Crippen molar-refractivity contribution in [1.29, 1.82) is 5.26 Å². The van der Waals surface area contributed by atoms with Crippen molar-refractivity contribution in [2.75, 3.05) is 51.3 Å². The van der Waals surface area contributed by atoms with Gasteiger partial charge in [0.25, 0.3) is 0 Å². The number of hydrogen-bond acceptors (Lipinski definition) is 9. The summed E-state index contributed by atoms with van der Waals surface area (Å²) in [5.41, 5.74) is 5.71. The van der Waals surface area contributed by atoms with Crippen molar-refractivity contribution in [3.8, 4) is 23.0 Å². The molecule has 1 aliphatic heterocycles. The predicted octanol–water partition coefficient (Wildman–Crippen LogP) is 4.42. The van der Waals surface area contributed by atoms with Gasteiger partial charge in [-0.3, -0.25) is 19.7 Å². The molecule has 0 spiro atoms. The largest absolute Gasteiger partial charge is 0.385 e. The fourth-order valence-electron chi connectivity index (χ4n) is 5.24. The summed E-state index contributed by atoms with van der Waals surface area (Å²) in [6.07, 6.45) is 8.54. The minimum Gasteiger partial charge on any atom is -0.385 e. The van der Waals surface area contributed by atoms with Crippen LogP contribution in [-0.4, -0.2) is 82.1 Å². The molecule has 1 aliphatic rings. The number of ketones is 1. The maximum absolute atomic E-state index is 13.2. The molecule has 1 aromatic carbocycles. The number of nitriles is 1. The average Bonchev–Trinajstić information content (AvgIpc) is 3.53. The fourth-order valence-corrected chi connectivity index (χ4v) is 5.24. The standard InChI is InChI=1S/C33H38N8O2/c1-24-31(15-25(19-36-24)16-32(42)26-7-5-8-28(17-26)33(2,3)23-34)41-22-30(37-38-41)27-18-29(21-35-20-27)40-12-10-39(11-13-40)9-6-14-43-4/h5,7-8,15,17-22H,6,9-14,16H2,1-4H3. The number of nitrogens with zero attached hydrogens (tertiary/aromatic N) is 8. The number of aryl methyl sites for hydroxylation is 1. The minimum absolute atomic E-state index is 0.0369. The SMILES string of the molecule is COCCCN1CCN(c2cncc(-c3cn(-c4cc(CC(=O)c5cccc(C(C)(C)C#N)c5)cnc4C)nn3)c2)CC1. The smallest absolute Gasteiger partial charge is 0.167 e. The van der Waals surface area contributed by atoms with Gasteiger partial charge in [0.2, 0.25) is 0 Å². The van der Waals surface area contributed by atoms with Gasteiger partial charge < -0.3 is 9.64 Å². The highest BCUT2D eigenvalue weighted by Crippen LogP contribution is 2.26. The molecule has 0 bridgehead atoms. The molecule has 0 amide bonds. The van der Waals surface area contributed by atoms with E-state index in [1.54, 1.807) is 30.3 Å². The van der Waals surface area contributed by atoms with E-state index in [1.165, 1.54) is 0 Å². The van der Waals surface area contributed by atoms with E-state index in [2.05, 4.69) is 42.2 Å². The highest BCUT2D eigenvalue weighted by atomic mass is 16.5. The van der Waals surface area contributed by atoms with Crippen LogP contribution in [0.25, 0.3) is 16.9 Å². The van der Waals surface area contributed by atoms with Gasteiger partial charge in [-0.2, -0.15) is 5.26 Å². The molecule has 0 saturated carbocycles. The Morgan fingerprint density at radius 2 is 1.91 bits per heavy atom. The van der Waals surface area contributed by atoms with Crippen molar-refractivity contribution in [2.24, 2.45) is 0 Å². The molecule has 0 radical (unpaired) electrons. The molecule has 4 aromatic rings. The maximum Gasteiger partial charge on any atom is 0.167 e. The van der Waals surface area contributed by atoms with Crippen LogP contribution in [0.5, 0.6) is 0 Å². The van der Waals surface area contributed by atoms with E-state index in [0.29, 0.717) is 11.3 Å². The lowest BCUT2D eigenvalue weighted by Gasteiger charge is -2.36. The van der Waals surface area contributed by atoms with E-state index in [1.807, 2.05) is 57.4 Å². The van der Waals surface area contributed by atoms with Gasteiger partial charge in [-0.25, -0.2) is 4.68 Å². The Hall–Kier alpha value is -4.46. The second-order valence-corrected chi connectivity index (χ2v) is 11.5. The highest BCUT2D eigenvalue weighted by Gasteiger charge is 2.22. The number of Topliss-reactive ketones (excluding diaryl/α,β-unsaturated/α-hetero) is 1. The molecule has 3 aromatic heterocycles. The highest BCUT2D eigenvalue weighted by molar-refractivity contribution is 5.97. The van der Waals surface area contributed by atoms with Crippen molar-refractivity contribution >= 4 is 11.5 Å². The number of rotatable bonds is 11. The van der Waals surface area contributed by atoms with Crippen LogP contribution >= 0.6 is 0 Å². The van der Waals surface area contributed by atoms with Crippen LogP contribution in [0.15, 0.2) is 61.2 Å². The predicted molar refractivity (Wildman–Crippen MR) is 165 cm³/mol. The van der Waals surface area contributed by atoms with Gasteiger partial charge in [0.05, 0.1) is 40.9 Å². The van der Waals surface area contributed by atoms with Gasteiger partial charge >= 0.3 is 0 Å². The van der Waals surface area contributed by atoms with Crippen LogP contribution in [0.4, 0.5) is 5.69 Å². The summed E-state index contributed by atoms with van der Waals surface area (Å²) >= 11 is 0. The topological polar surface area (TPSA) is 113 Å². The van der Waals surface area contributed by atoms with Crippen LogP contribution < -0.4 is 4.90 Å². The number of methoxy groups -OCH3 is 1. The zero-order chi connectivity index (χ0) is 30.4. The first-order chi connectivity index (χ1) is 20.8. The summed E-state index contributed by atoms with van der Waals surface area (Å²) in [5, 5.41) is 18.3. The van der Waals surface area contributed by atoms with Crippen LogP contribution in [0.3, 0.4) is 0 Å². The third-order valence-electron chi connectivity index (χ3n) is 7.99. The number of pyridine rings is 2. The van der Waals surface area contributed by atoms with E-state index >= 15 is 0 Å². The second-order valence-electron chi connectivity index (χ2n) is 11.5. The van der Waals surface area contributed by atoms with Gasteiger partial charge in [-0.05, 0) is 56.5 Å². The minimum atomic E-state index is -0.673. The Morgan fingerprint density at radius 3 is 2.67 bits per heavy atom. The summed E-state index contributed by atoms with van der Waals surface area (Å²) < 4.78 is 6.89. The molecular formula is C33H38N8O2. The van der Waals surface area contributed by atoms with Gasteiger partial charge in [-0.15, -0.1) is 5.10 Å². The van der Waals surface area contributed by atoms with E-state index in [-0.39, 0.29) is 12.2 Å². The van der Waals surface area contributed by atoms with Gasteiger partial charge in [0, 0.05) is 76.4 Å². The third kappa shape index (κ3) is 7.13. The van der Waals surface area contributed by atoms with Crippen molar-refractivity contribution in [1.82, 2.24) is 29.9 Å². The number of hydrogen-bond donors (Lipinski definition) is 0. The number of ether oxygens (including phenoxy) is 1. The quantitative estimate of drug-likeness (QED) is 0.189. The normalized spacial score (nSPS) is 14.1. The first kappa shape index (κ1) is 30.0. The van der Waals surface area contributed by atoms with E-state index in [0.717, 1.165) is 79.5 Å². The average molecular weight is 579 g/mol. The molecule has 0 N–H and O–H groups in total. The molecular weight excluding hydrogens is 540 g/mol. The molecule has 4 heterocycles. The van der Waals surface area contributed by atoms with Crippen molar-refractivity contribution in [3.05, 3.63) is 83.6 Å². The Bertz CT molecular complexity index is 1620. The number of piperazine rings is 1. The fraction of sp³-hybridized carbons (Fsp3) is 0.394. The summed E-state index contributed by atoms with van der Waals surface area (Å²) in [4.78, 5) is 27.1. The lowest BCUT2D eigenvalue weighted by atomic mass is 9.85. The van der Waals surface area contributed by atoms with Crippen LogP contribution in [0.1, 0.15) is 47.4 Å². The Balaban J connectivity index is 1.29. The number of aromatic nitrogens is 5. The maximum atomic E-state index is 13.2. The molecule has 0 unspecified atom stereocenters. The Kier molecular flexibility index (Phi) is 9.24. The lowest BCUT2D eigenvalue weighted by molar-refractivity contribution is 0.0992. The van der Waals surface area contributed by atoms with Gasteiger partial charge in [-0.1, -0.05) is 23.4 Å². The summed E-state index contributed by atoms with van der Waals surface area (Å²) in [6.45, 7) is 11.4. The Morgan fingerprint density at radius 1 is 1.09 bits per heavy atom. The van der Waals surface area contributed by atoms with E-state index < -0.39 is 5.41 Å². The lowest BCUT2D eigenvalue weighted by Crippen LogP contribution is -2.46. The van der Waals surface area contributed by atoms with Crippen LogP contribution in [0, 0.1) is 18.3 Å². The van der Waals surface area contributed by atoms with Crippen LogP contribution in [-0.2, 0) is 16.6 Å². The van der Waals surface area contributed by atoms with Crippen molar-refractivity contribution in [3.63, 3.8) is 0 Å². The summed E-state index contributed by atoms with van der Waals surface area (Å²) in [6, 6.07) is 13.6. The number of carbonyl (C=O) groups excluding carboxylic acids is 1. The molecule has 222 valence electrons. The molecule has 0 atom stereocenters. The molecule has 1 fully saturated rings.